The standard InChI is InChI=1S/C28H32N4O2/c1-20-9-7-12-22(15-20)16-23-18-29-19-24(30-23)25-13-8-14-32(25)27(34)28(2,3)31-26(33)17-21-10-5-4-6-11-21/h4-7,9-12,15,18-19,25H,8,13-14,16-17H2,1-3H3,(H,31,33). The molecule has 1 aliphatic heterocycles. The second-order valence-electron chi connectivity index (χ2n) is 9.59. The molecule has 0 bridgehead atoms. The van der Waals surface area contributed by atoms with Crippen molar-refractivity contribution in [3.63, 3.8) is 0 Å². The summed E-state index contributed by atoms with van der Waals surface area (Å²) in [6.07, 6.45) is 6.23. The van der Waals surface area contributed by atoms with Crippen LogP contribution < -0.4 is 5.32 Å². The Morgan fingerprint density at radius 1 is 1.06 bits per heavy atom. The molecule has 1 unspecified atom stereocenters. The van der Waals surface area contributed by atoms with Gasteiger partial charge in [-0.05, 0) is 44.7 Å². The maximum absolute atomic E-state index is 13.5. The second-order valence-corrected chi connectivity index (χ2v) is 9.59. The van der Waals surface area contributed by atoms with Crippen LogP contribution in [0.15, 0.2) is 67.0 Å². The van der Waals surface area contributed by atoms with E-state index in [1.54, 1.807) is 26.2 Å². The van der Waals surface area contributed by atoms with Gasteiger partial charge < -0.3 is 10.2 Å². The van der Waals surface area contributed by atoms with Crippen molar-refractivity contribution in [2.24, 2.45) is 0 Å². The van der Waals surface area contributed by atoms with Gasteiger partial charge in [-0.25, -0.2) is 0 Å². The number of benzene rings is 2. The van der Waals surface area contributed by atoms with Crippen LogP contribution in [0.5, 0.6) is 0 Å². The molecule has 1 N–H and O–H groups in total. The minimum atomic E-state index is -1.01. The molecule has 1 aromatic heterocycles. The quantitative estimate of drug-likeness (QED) is 0.579. The highest BCUT2D eigenvalue weighted by Gasteiger charge is 2.39. The summed E-state index contributed by atoms with van der Waals surface area (Å²) in [5.41, 5.74) is 4.00. The highest BCUT2D eigenvalue weighted by molar-refractivity contribution is 5.91. The third-order valence-electron chi connectivity index (χ3n) is 6.22. The Labute approximate surface area is 201 Å². The SMILES string of the molecule is Cc1cccc(Cc2cncc(C3CCCN3C(=O)C(C)(C)NC(=O)Cc3ccccc3)n2)c1. The molecule has 6 nitrogen and oxygen atoms in total. The molecular formula is C28H32N4O2. The van der Waals surface area contributed by atoms with Gasteiger partial charge in [0.1, 0.15) is 5.54 Å². The van der Waals surface area contributed by atoms with Crippen molar-refractivity contribution in [2.75, 3.05) is 6.54 Å². The van der Waals surface area contributed by atoms with E-state index in [0.29, 0.717) is 13.0 Å². The monoisotopic (exact) mass is 456 g/mol. The normalized spacial score (nSPS) is 15.9. The molecule has 1 atom stereocenters. The minimum Gasteiger partial charge on any atom is -0.342 e. The fraction of sp³-hybridized carbons (Fsp3) is 0.357. The lowest BCUT2D eigenvalue weighted by Crippen LogP contribution is -2.56. The van der Waals surface area contributed by atoms with Crippen LogP contribution in [0.25, 0.3) is 0 Å². The second kappa shape index (κ2) is 10.2. The average molecular weight is 457 g/mol. The maximum atomic E-state index is 13.5. The lowest BCUT2D eigenvalue weighted by molar-refractivity contribution is -0.141. The first-order chi connectivity index (χ1) is 16.3. The number of nitrogens with zero attached hydrogens (tertiary/aromatic N) is 3. The largest absolute Gasteiger partial charge is 0.342 e. The number of nitrogens with one attached hydrogen (secondary N) is 1. The molecule has 0 radical (unpaired) electrons. The highest BCUT2D eigenvalue weighted by atomic mass is 16.2. The van der Waals surface area contributed by atoms with Crippen molar-refractivity contribution in [3.8, 4) is 0 Å². The molecule has 2 aromatic carbocycles. The maximum Gasteiger partial charge on any atom is 0.248 e. The Bertz CT molecular complexity index is 1160. The molecule has 6 heteroatoms. The van der Waals surface area contributed by atoms with Crippen LogP contribution in [0, 0.1) is 6.92 Å². The molecule has 4 rings (SSSR count). The predicted octanol–water partition coefficient (Wildman–Crippen LogP) is 4.18. The van der Waals surface area contributed by atoms with Crippen molar-refractivity contribution in [1.82, 2.24) is 20.2 Å². The van der Waals surface area contributed by atoms with Crippen molar-refractivity contribution >= 4 is 11.8 Å². The summed E-state index contributed by atoms with van der Waals surface area (Å²) in [6, 6.07) is 17.8. The van der Waals surface area contributed by atoms with Gasteiger partial charge in [0.15, 0.2) is 0 Å². The first kappa shape index (κ1) is 23.6. The van der Waals surface area contributed by atoms with Crippen LogP contribution in [0.1, 0.15) is 60.8 Å². The van der Waals surface area contributed by atoms with E-state index < -0.39 is 5.54 Å². The number of rotatable bonds is 7. The summed E-state index contributed by atoms with van der Waals surface area (Å²) in [5, 5.41) is 2.94. The van der Waals surface area contributed by atoms with Crippen LogP contribution in [0.4, 0.5) is 0 Å². The number of carbonyl (C=O) groups excluding carboxylic acids is 2. The summed E-state index contributed by atoms with van der Waals surface area (Å²) in [4.78, 5) is 37.3. The number of aromatic nitrogens is 2. The van der Waals surface area contributed by atoms with Crippen molar-refractivity contribution in [1.29, 1.82) is 0 Å². The molecular weight excluding hydrogens is 424 g/mol. The summed E-state index contributed by atoms with van der Waals surface area (Å²) < 4.78 is 0. The smallest absolute Gasteiger partial charge is 0.248 e. The molecule has 34 heavy (non-hydrogen) atoms. The van der Waals surface area contributed by atoms with Gasteiger partial charge in [-0.3, -0.25) is 19.6 Å². The molecule has 0 aliphatic carbocycles. The molecule has 2 amide bonds. The zero-order valence-electron chi connectivity index (χ0n) is 20.1. The Morgan fingerprint density at radius 2 is 1.82 bits per heavy atom. The number of aryl methyl sites for hydroxylation is 1. The van der Waals surface area contributed by atoms with E-state index in [9.17, 15) is 9.59 Å². The minimum absolute atomic E-state index is 0.0951. The van der Waals surface area contributed by atoms with Crippen molar-refractivity contribution in [2.45, 2.75) is 58.0 Å². The topological polar surface area (TPSA) is 75.2 Å². The van der Waals surface area contributed by atoms with E-state index in [4.69, 9.17) is 4.98 Å². The zero-order chi connectivity index (χ0) is 24.1. The number of carbonyl (C=O) groups is 2. The van der Waals surface area contributed by atoms with E-state index >= 15 is 0 Å². The molecule has 0 saturated carbocycles. The van der Waals surface area contributed by atoms with E-state index in [2.05, 4.69) is 35.4 Å². The molecule has 2 heterocycles. The predicted molar refractivity (Wildman–Crippen MR) is 132 cm³/mol. The first-order valence-corrected chi connectivity index (χ1v) is 11.8. The highest BCUT2D eigenvalue weighted by Crippen LogP contribution is 2.32. The van der Waals surface area contributed by atoms with Crippen LogP contribution in [0.2, 0.25) is 0 Å². The fourth-order valence-corrected chi connectivity index (χ4v) is 4.60. The molecule has 3 aromatic rings. The number of likely N-dealkylation sites (tertiary alicyclic amines) is 1. The van der Waals surface area contributed by atoms with Gasteiger partial charge in [0.05, 0.1) is 30.0 Å². The third kappa shape index (κ3) is 5.68. The number of hydrogen-bond acceptors (Lipinski definition) is 4. The Balaban J connectivity index is 1.46. The van der Waals surface area contributed by atoms with Gasteiger partial charge in [0.25, 0.3) is 0 Å². The van der Waals surface area contributed by atoms with Gasteiger partial charge in [-0.2, -0.15) is 0 Å². The Kier molecular flexibility index (Phi) is 7.06. The fourth-order valence-electron chi connectivity index (χ4n) is 4.60. The van der Waals surface area contributed by atoms with Gasteiger partial charge in [-0.1, -0.05) is 60.2 Å². The lowest BCUT2D eigenvalue weighted by Gasteiger charge is -2.33. The van der Waals surface area contributed by atoms with Crippen LogP contribution in [0.3, 0.4) is 0 Å². The van der Waals surface area contributed by atoms with Crippen molar-refractivity contribution < 1.29 is 9.59 Å². The van der Waals surface area contributed by atoms with E-state index in [1.165, 1.54) is 11.1 Å². The summed E-state index contributed by atoms with van der Waals surface area (Å²) in [6.45, 7) is 6.26. The lowest BCUT2D eigenvalue weighted by atomic mass is 10.0. The molecule has 1 saturated heterocycles. The van der Waals surface area contributed by atoms with E-state index in [-0.39, 0.29) is 24.3 Å². The average Bonchev–Trinajstić information content (AvgIpc) is 3.29. The van der Waals surface area contributed by atoms with Gasteiger partial charge >= 0.3 is 0 Å². The van der Waals surface area contributed by atoms with Gasteiger partial charge in [0, 0.05) is 19.2 Å². The van der Waals surface area contributed by atoms with Gasteiger partial charge in [-0.15, -0.1) is 0 Å². The van der Waals surface area contributed by atoms with Crippen molar-refractivity contribution in [3.05, 3.63) is 95.1 Å². The first-order valence-electron chi connectivity index (χ1n) is 11.8. The van der Waals surface area contributed by atoms with Crippen LogP contribution in [-0.2, 0) is 22.4 Å². The van der Waals surface area contributed by atoms with E-state index in [0.717, 1.165) is 29.8 Å². The summed E-state index contributed by atoms with van der Waals surface area (Å²) in [5.74, 6) is -0.262. The summed E-state index contributed by atoms with van der Waals surface area (Å²) in [7, 11) is 0. The molecule has 1 fully saturated rings. The molecule has 176 valence electrons. The summed E-state index contributed by atoms with van der Waals surface area (Å²) >= 11 is 0. The Hall–Kier alpha value is -3.54. The van der Waals surface area contributed by atoms with E-state index in [1.807, 2.05) is 41.3 Å². The molecule has 1 aliphatic rings. The third-order valence-corrected chi connectivity index (χ3v) is 6.22. The van der Waals surface area contributed by atoms with Crippen LogP contribution in [-0.4, -0.2) is 38.8 Å². The van der Waals surface area contributed by atoms with Gasteiger partial charge in [0.2, 0.25) is 11.8 Å². The zero-order valence-corrected chi connectivity index (χ0v) is 20.1. The molecule has 0 spiro atoms. The Morgan fingerprint density at radius 3 is 2.59 bits per heavy atom. The number of hydrogen-bond donors (Lipinski definition) is 1. The number of amides is 2. The van der Waals surface area contributed by atoms with Crippen LogP contribution >= 0.6 is 0 Å².